The first-order valence-corrected chi connectivity index (χ1v) is 8.86. The average Bonchev–Trinajstić information content (AvgIpc) is 3.22. The molecule has 0 saturated heterocycles. The molecule has 0 saturated carbocycles. The van der Waals surface area contributed by atoms with Gasteiger partial charge in [-0.05, 0) is 17.9 Å². The summed E-state index contributed by atoms with van der Waals surface area (Å²) in [5.41, 5.74) is 7.76. The van der Waals surface area contributed by atoms with E-state index < -0.39 is 0 Å². The van der Waals surface area contributed by atoms with Gasteiger partial charge in [-0.1, -0.05) is 36.4 Å². The van der Waals surface area contributed by atoms with E-state index in [0.717, 1.165) is 36.0 Å². The number of hydrogen-bond donors (Lipinski definition) is 3. The number of rotatable bonds is 7. The number of anilines is 4. The zero-order valence-electron chi connectivity index (χ0n) is 14.8. The van der Waals surface area contributed by atoms with Crippen LogP contribution >= 0.6 is 0 Å². The summed E-state index contributed by atoms with van der Waals surface area (Å²) in [7, 11) is 0. The monoisotopic (exact) mass is 359 g/mol. The summed E-state index contributed by atoms with van der Waals surface area (Å²) in [6.07, 6.45) is 7.99. The molecule has 0 aliphatic carbocycles. The van der Waals surface area contributed by atoms with E-state index in [4.69, 9.17) is 5.73 Å². The van der Waals surface area contributed by atoms with Gasteiger partial charge in [0.05, 0.1) is 6.33 Å². The van der Waals surface area contributed by atoms with Crippen LogP contribution in [0.1, 0.15) is 6.42 Å². The van der Waals surface area contributed by atoms with E-state index in [0.29, 0.717) is 17.3 Å². The van der Waals surface area contributed by atoms with Crippen molar-refractivity contribution in [3.8, 4) is 0 Å². The molecule has 0 unspecified atom stereocenters. The highest BCUT2D eigenvalue weighted by atomic mass is 15.1. The van der Waals surface area contributed by atoms with Gasteiger partial charge in [-0.15, -0.1) is 0 Å². The van der Waals surface area contributed by atoms with Gasteiger partial charge >= 0.3 is 0 Å². The van der Waals surface area contributed by atoms with Gasteiger partial charge in [0.15, 0.2) is 11.6 Å². The number of nitrogen functional groups attached to an aromatic ring is 1. The van der Waals surface area contributed by atoms with Crippen molar-refractivity contribution < 1.29 is 0 Å². The number of aromatic nitrogens is 4. The van der Waals surface area contributed by atoms with Crippen LogP contribution in [0.25, 0.3) is 10.8 Å². The summed E-state index contributed by atoms with van der Waals surface area (Å²) in [5, 5.41) is 8.91. The summed E-state index contributed by atoms with van der Waals surface area (Å²) in [6, 6.07) is 14.3. The van der Waals surface area contributed by atoms with Gasteiger partial charge in [0.1, 0.15) is 12.0 Å². The number of nitrogens with zero attached hydrogens (tertiary/aromatic N) is 4. The molecule has 0 bridgehead atoms. The summed E-state index contributed by atoms with van der Waals surface area (Å²) < 4.78 is 2.04. The number of hydrogen-bond acceptors (Lipinski definition) is 6. The highest BCUT2D eigenvalue weighted by Gasteiger charge is 2.09. The fourth-order valence-electron chi connectivity index (χ4n) is 2.99. The molecule has 2 heterocycles. The number of imidazole rings is 1. The van der Waals surface area contributed by atoms with E-state index in [1.807, 2.05) is 41.4 Å². The Kier molecular flexibility index (Phi) is 4.82. The second-order valence-corrected chi connectivity index (χ2v) is 6.22. The number of nitrogens with one attached hydrogen (secondary N) is 2. The molecular formula is C20H21N7. The Morgan fingerprint density at radius 2 is 1.85 bits per heavy atom. The third-order valence-electron chi connectivity index (χ3n) is 4.37. The van der Waals surface area contributed by atoms with Crippen LogP contribution in [-0.4, -0.2) is 26.1 Å². The van der Waals surface area contributed by atoms with Gasteiger partial charge in [-0.3, -0.25) is 0 Å². The second kappa shape index (κ2) is 7.74. The van der Waals surface area contributed by atoms with Gasteiger partial charge in [0.2, 0.25) is 0 Å². The SMILES string of the molecule is Nc1c(NCCCn2ccnc2)ncnc1Nc1cccc2ccccc12. The minimum atomic E-state index is 0.507. The standard InChI is InChI=1S/C20H21N7/c21-18-19(23-9-4-11-27-12-10-22-14-27)24-13-25-20(18)26-17-8-3-6-15-5-1-2-7-16(15)17/h1-3,5-8,10,12-14H,4,9,11,21H2,(H2,23,24,25,26). The molecule has 2 aromatic heterocycles. The van der Waals surface area contributed by atoms with E-state index in [9.17, 15) is 0 Å². The van der Waals surface area contributed by atoms with E-state index in [1.54, 1.807) is 6.20 Å². The lowest BCUT2D eigenvalue weighted by molar-refractivity contribution is 0.660. The maximum atomic E-state index is 6.29. The minimum absolute atomic E-state index is 0.507. The first kappa shape index (κ1) is 16.8. The predicted molar refractivity (Wildman–Crippen MR) is 109 cm³/mol. The van der Waals surface area contributed by atoms with Crippen LogP contribution in [0.4, 0.5) is 23.0 Å². The maximum absolute atomic E-state index is 6.29. The van der Waals surface area contributed by atoms with Crippen LogP contribution < -0.4 is 16.4 Å². The summed E-state index contributed by atoms with van der Waals surface area (Å²) in [5.74, 6) is 1.23. The van der Waals surface area contributed by atoms with Gasteiger partial charge in [-0.2, -0.15) is 0 Å². The quantitative estimate of drug-likeness (QED) is 0.436. The fourth-order valence-corrected chi connectivity index (χ4v) is 2.99. The molecule has 4 rings (SSSR count). The molecule has 0 amide bonds. The molecule has 4 aromatic rings. The van der Waals surface area contributed by atoms with E-state index in [2.05, 4.69) is 43.8 Å². The number of fused-ring (bicyclic) bond motifs is 1. The van der Waals surface area contributed by atoms with E-state index in [1.165, 1.54) is 6.33 Å². The lowest BCUT2D eigenvalue weighted by atomic mass is 10.1. The molecule has 0 atom stereocenters. The Morgan fingerprint density at radius 3 is 2.74 bits per heavy atom. The zero-order valence-corrected chi connectivity index (χ0v) is 14.8. The van der Waals surface area contributed by atoms with Crippen LogP contribution in [0.2, 0.25) is 0 Å². The fraction of sp³-hybridized carbons (Fsp3) is 0.150. The molecule has 2 aromatic carbocycles. The highest BCUT2D eigenvalue weighted by Crippen LogP contribution is 2.29. The van der Waals surface area contributed by atoms with Gasteiger partial charge in [0.25, 0.3) is 0 Å². The molecule has 7 nitrogen and oxygen atoms in total. The molecule has 7 heteroatoms. The van der Waals surface area contributed by atoms with Crippen LogP contribution in [0.15, 0.2) is 67.5 Å². The summed E-state index contributed by atoms with van der Waals surface area (Å²) in [6.45, 7) is 1.65. The van der Waals surface area contributed by atoms with Crippen LogP contribution in [0, 0.1) is 0 Å². The van der Waals surface area contributed by atoms with Crippen molar-refractivity contribution in [3.63, 3.8) is 0 Å². The van der Waals surface area contributed by atoms with Crippen LogP contribution in [0.5, 0.6) is 0 Å². The molecular weight excluding hydrogens is 338 g/mol. The van der Waals surface area contributed by atoms with Gasteiger partial charge in [0, 0.05) is 36.6 Å². The predicted octanol–water partition coefficient (Wildman–Crippen LogP) is 3.65. The molecule has 0 aliphatic heterocycles. The van der Waals surface area contributed by atoms with Crippen molar-refractivity contribution in [2.45, 2.75) is 13.0 Å². The lowest BCUT2D eigenvalue weighted by Gasteiger charge is -2.14. The smallest absolute Gasteiger partial charge is 0.159 e. The average molecular weight is 359 g/mol. The molecule has 0 spiro atoms. The molecule has 4 N–H and O–H groups in total. The first-order chi connectivity index (χ1) is 13.3. The Hall–Kier alpha value is -3.61. The van der Waals surface area contributed by atoms with E-state index >= 15 is 0 Å². The van der Waals surface area contributed by atoms with Crippen molar-refractivity contribution in [1.82, 2.24) is 19.5 Å². The van der Waals surface area contributed by atoms with Crippen molar-refractivity contribution in [2.75, 3.05) is 22.9 Å². The maximum Gasteiger partial charge on any atom is 0.159 e. The third kappa shape index (κ3) is 3.82. The van der Waals surface area contributed by atoms with E-state index in [-0.39, 0.29) is 0 Å². The Balaban J connectivity index is 1.46. The molecule has 136 valence electrons. The molecule has 0 fully saturated rings. The second-order valence-electron chi connectivity index (χ2n) is 6.22. The van der Waals surface area contributed by atoms with Crippen LogP contribution in [0.3, 0.4) is 0 Å². The number of benzene rings is 2. The normalized spacial score (nSPS) is 10.8. The highest BCUT2D eigenvalue weighted by molar-refractivity contribution is 5.96. The van der Waals surface area contributed by atoms with Crippen LogP contribution in [-0.2, 0) is 6.54 Å². The Labute approximate surface area is 157 Å². The lowest BCUT2D eigenvalue weighted by Crippen LogP contribution is -2.10. The van der Waals surface area contributed by atoms with Gasteiger partial charge < -0.3 is 20.9 Å². The number of aryl methyl sites for hydroxylation is 1. The van der Waals surface area contributed by atoms with Crippen molar-refractivity contribution in [2.24, 2.45) is 0 Å². The Bertz CT molecular complexity index is 1020. The Morgan fingerprint density at radius 1 is 1.00 bits per heavy atom. The molecule has 0 aliphatic rings. The third-order valence-corrected chi connectivity index (χ3v) is 4.37. The first-order valence-electron chi connectivity index (χ1n) is 8.86. The van der Waals surface area contributed by atoms with Crippen molar-refractivity contribution >= 4 is 33.8 Å². The van der Waals surface area contributed by atoms with Crippen molar-refractivity contribution in [1.29, 1.82) is 0 Å². The molecule has 27 heavy (non-hydrogen) atoms. The number of nitrogens with two attached hydrogens (primary N) is 1. The van der Waals surface area contributed by atoms with Gasteiger partial charge in [-0.25, -0.2) is 15.0 Å². The molecule has 0 radical (unpaired) electrons. The largest absolute Gasteiger partial charge is 0.393 e. The topological polar surface area (TPSA) is 93.7 Å². The van der Waals surface area contributed by atoms with Crippen molar-refractivity contribution in [3.05, 3.63) is 67.5 Å². The minimum Gasteiger partial charge on any atom is -0.393 e. The summed E-state index contributed by atoms with van der Waals surface area (Å²) >= 11 is 0. The zero-order chi connectivity index (χ0) is 18.5. The summed E-state index contributed by atoms with van der Waals surface area (Å²) in [4.78, 5) is 12.6.